The van der Waals surface area contributed by atoms with Gasteiger partial charge in [-0.05, 0) is 48.7 Å². The van der Waals surface area contributed by atoms with Gasteiger partial charge in [0, 0.05) is 18.7 Å². The van der Waals surface area contributed by atoms with E-state index < -0.39 is 17.7 Å². The van der Waals surface area contributed by atoms with Gasteiger partial charge in [0.05, 0.1) is 29.9 Å². The molecule has 0 radical (unpaired) electrons. The Balaban J connectivity index is 1.83. The second-order valence-corrected chi connectivity index (χ2v) is 7.94. The Morgan fingerprint density at radius 2 is 2.06 bits per heavy atom. The molecule has 2 unspecified atom stereocenters. The molecule has 2 fully saturated rings. The highest BCUT2D eigenvalue weighted by Gasteiger charge is 2.47. The molecule has 2 heterocycles. The van der Waals surface area contributed by atoms with E-state index in [2.05, 4.69) is 0 Å². The van der Waals surface area contributed by atoms with Gasteiger partial charge < -0.3 is 24.6 Å². The third-order valence-electron chi connectivity index (χ3n) is 5.58. The highest BCUT2D eigenvalue weighted by molar-refractivity contribution is 6.46. The standard InChI is InChI=1S/C23H22ClNO6/c1-30-18-8-7-14(11-17(18)24)21(27)19-20(13-4-2-5-15(26)10-13)25(23(29)22(19)28)12-16-6-3-9-31-16/h2,4-5,7-8,10-11,16,20,26-27H,3,6,9,12H2,1H3/b21-19-. The molecular weight excluding hydrogens is 422 g/mol. The number of hydrogen-bond acceptors (Lipinski definition) is 6. The van der Waals surface area contributed by atoms with E-state index in [0.717, 1.165) is 12.8 Å². The van der Waals surface area contributed by atoms with Crippen LogP contribution in [0.3, 0.4) is 0 Å². The minimum Gasteiger partial charge on any atom is -0.508 e. The van der Waals surface area contributed by atoms with Crippen LogP contribution in [0.15, 0.2) is 48.0 Å². The number of aromatic hydroxyl groups is 1. The third-order valence-corrected chi connectivity index (χ3v) is 5.87. The number of phenols is 1. The number of ketones is 1. The van der Waals surface area contributed by atoms with Crippen LogP contribution in [0.4, 0.5) is 0 Å². The van der Waals surface area contributed by atoms with Crippen molar-refractivity contribution >= 4 is 29.1 Å². The van der Waals surface area contributed by atoms with Gasteiger partial charge >= 0.3 is 0 Å². The summed E-state index contributed by atoms with van der Waals surface area (Å²) >= 11 is 6.19. The topological polar surface area (TPSA) is 96.3 Å². The van der Waals surface area contributed by atoms with Gasteiger partial charge in [-0.25, -0.2) is 0 Å². The van der Waals surface area contributed by atoms with Crippen molar-refractivity contribution in [2.45, 2.75) is 25.0 Å². The summed E-state index contributed by atoms with van der Waals surface area (Å²) in [5.41, 5.74) is 0.735. The van der Waals surface area contributed by atoms with Crippen LogP contribution in [0.25, 0.3) is 5.76 Å². The van der Waals surface area contributed by atoms with Gasteiger partial charge in [0.2, 0.25) is 0 Å². The van der Waals surface area contributed by atoms with Gasteiger partial charge in [-0.3, -0.25) is 9.59 Å². The minimum absolute atomic E-state index is 0.00676. The second-order valence-electron chi connectivity index (χ2n) is 7.53. The molecule has 8 heteroatoms. The molecule has 0 aliphatic carbocycles. The van der Waals surface area contributed by atoms with Gasteiger partial charge in [-0.15, -0.1) is 0 Å². The Hall–Kier alpha value is -3.03. The van der Waals surface area contributed by atoms with Gasteiger partial charge in [-0.1, -0.05) is 23.7 Å². The summed E-state index contributed by atoms with van der Waals surface area (Å²) < 4.78 is 10.8. The first kappa shape index (κ1) is 21.2. The van der Waals surface area contributed by atoms with Crippen LogP contribution in [0.5, 0.6) is 11.5 Å². The lowest BCUT2D eigenvalue weighted by molar-refractivity contribution is -0.140. The maximum absolute atomic E-state index is 13.0. The number of methoxy groups -OCH3 is 1. The molecule has 0 spiro atoms. The molecule has 0 bridgehead atoms. The Labute approximate surface area is 184 Å². The maximum atomic E-state index is 13.0. The van der Waals surface area contributed by atoms with Crippen LogP contribution in [0, 0.1) is 0 Å². The number of ether oxygens (including phenoxy) is 2. The van der Waals surface area contributed by atoms with Crippen molar-refractivity contribution in [2.75, 3.05) is 20.3 Å². The van der Waals surface area contributed by atoms with E-state index in [-0.39, 0.29) is 40.3 Å². The average molecular weight is 444 g/mol. The summed E-state index contributed by atoms with van der Waals surface area (Å²) in [6.07, 6.45) is 1.48. The number of benzene rings is 2. The Bertz CT molecular complexity index is 1060. The molecule has 2 aliphatic heterocycles. The number of phenolic OH excluding ortho intramolecular Hbond substituents is 1. The quantitative estimate of drug-likeness (QED) is 0.416. The van der Waals surface area contributed by atoms with Gasteiger partial charge in [0.15, 0.2) is 0 Å². The zero-order valence-electron chi connectivity index (χ0n) is 16.9. The van der Waals surface area contributed by atoms with Gasteiger partial charge in [0.1, 0.15) is 17.3 Å². The van der Waals surface area contributed by atoms with E-state index in [4.69, 9.17) is 21.1 Å². The summed E-state index contributed by atoms with van der Waals surface area (Å²) in [5.74, 6) is -1.44. The zero-order valence-corrected chi connectivity index (χ0v) is 17.6. The largest absolute Gasteiger partial charge is 0.508 e. The third kappa shape index (κ3) is 3.98. The van der Waals surface area contributed by atoms with Crippen LogP contribution in [0.2, 0.25) is 5.02 Å². The van der Waals surface area contributed by atoms with Crippen molar-refractivity contribution in [3.8, 4) is 11.5 Å². The first-order valence-corrected chi connectivity index (χ1v) is 10.3. The lowest BCUT2D eigenvalue weighted by atomic mass is 9.95. The molecule has 4 rings (SSSR count). The molecule has 1 amide bonds. The predicted octanol–water partition coefficient (Wildman–Crippen LogP) is 3.65. The van der Waals surface area contributed by atoms with E-state index in [9.17, 15) is 19.8 Å². The molecule has 2 saturated heterocycles. The van der Waals surface area contributed by atoms with Gasteiger partial charge in [-0.2, -0.15) is 0 Å². The van der Waals surface area contributed by atoms with Crippen molar-refractivity contribution in [1.29, 1.82) is 0 Å². The van der Waals surface area contributed by atoms with Gasteiger partial charge in [0.25, 0.3) is 11.7 Å². The van der Waals surface area contributed by atoms with Crippen molar-refractivity contribution in [3.63, 3.8) is 0 Å². The van der Waals surface area contributed by atoms with Crippen molar-refractivity contribution in [2.24, 2.45) is 0 Å². The molecule has 2 aromatic rings. The SMILES string of the molecule is COc1ccc(/C(O)=C2/C(=O)C(=O)N(CC3CCCO3)C2c2cccc(O)c2)cc1Cl. The monoisotopic (exact) mass is 443 g/mol. The molecule has 2 atom stereocenters. The number of Topliss-reactive ketones (excluding diaryl/α,β-unsaturated/α-hetero) is 1. The fourth-order valence-electron chi connectivity index (χ4n) is 4.09. The predicted molar refractivity (Wildman–Crippen MR) is 114 cm³/mol. The lowest BCUT2D eigenvalue weighted by Crippen LogP contribution is -2.36. The fraction of sp³-hybridized carbons (Fsp3) is 0.304. The molecular formula is C23H22ClNO6. The number of carbonyl (C=O) groups excluding carboxylic acids is 2. The summed E-state index contributed by atoms with van der Waals surface area (Å²) in [6.45, 7) is 0.820. The zero-order chi connectivity index (χ0) is 22.1. The molecule has 162 valence electrons. The van der Waals surface area contributed by atoms with Crippen LogP contribution >= 0.6 is 11.6 Å². The lowest BCUT2D eigenvalue weighted by Gasteiger charge is -2.27. The van der Waals surface area contributed by atoms with E-state index in [1.54, 1.807) is 24.3 Å². The molecule has 2 aliphatic rings. The molecule has 31 heavy (non-hydrogen) atoms. The van der Waals surface area contributed by atoms with Crippen LogP contribution in [0.1, 0.15) is 30.0 Å². The van der Waals surface area contributed by atoms with E-state index in [0.29, 0.717) is 17.9 Å². The summed E-state index contributed by atoms with van der Waals surface area (Å²) in [7, 11) is 1.47. The first-order chi connectivity index (χ1) is 14.9. The Kier molecular flexibility index (Phi) is 5.89. The maximum Gasteiger partial charge on any atom is 0.295 e. The number of hydrogen-bond donors (Lipinski definition) is 2. The van der Waals surface area contributed by atoms with Crippen LogP contribution in [-0.4, -0.2) is 53.2 Å². The summed E-state index contributed by atoms with van der Waals surface area (Å²) in [4.78, 5) is 27.4. The highest BCUT2D eigenvalue weighted by Crippen LogP contribution is 2.41. The number of nitrogens with zero attached hydrogens (tertiary/aromatic N) is 1. The van der Waals surface area contributed by atoms with Crippen molar-refractivity contribution < 1.29 is 29.3 Å². The average Bonchev–Trinajstić information content (AvgIpc) is 3.35. The number of aliphatic hydroxyl groups excluding tert-OH is 1. The van der Waals surface area contributed by atoms with E-state index >= 15 is 0 Å². The first-order valence-electron chi connectivity index (χ1n) is 9.93. The number of amides is 1. The van der Waals surface area contributed by atoms with Crippen LogP contribution < -0.4 is 4.74 Å². The summed E-state index contributed by atoms with van der Waals surface area (Å²) in [5, 5.41) is 21.3. The van der Waals surface area contributed by atoms with E-state index in [1.165, 1.54) is 30.2 Å². The number of rotatable bonds is 5. The second kappa shape index (κ2) is 8.61. The van der Waals surface area contributed by atoms with Crippen molar-refractivity contribution in [1.82, 2.24) is 4.90 Å². The Morgan fingerprint density at radius 3 is 2.71 bits per heavy atom. The normalized spacial score (nSPS) is 22.8. The minimum atomic E-state index is -0.864. The number of halogens is 1. The summed E-state index contributed by atoms with van der Waals surface area (Å²) in [6, 6.07) is 10.1. The Morgan fingerprint density at radius 1 is 1.26 bits per heavy atom. The van der Waals surface area contributed by atoms with Crippen molar-refractivity contribution in [3.05, 3.63) is 64.2 Å². The van der Waals surface area contributed by atoms with Crippen LogP contribution in [-0.2, 0) is 14.3 Å². The molecule has 2 N–H and O–H groups in total. The smallest absolute Gasteiger partial charge is 0.295 e. The molecule has 0 aromatic heterocycles. The van der Waals surface area contributed by atoms with E-state index in [1.807, 2.05) is 0 Å². The molecule has 0 saturated carbocycles. The number of likely N-dealkylation sites (tertiary alicyclic amines) is 1. The molecule has 2 aromatic carbocycles. The fourth-order valence-corrected chi connectivity index (χ4v) is 4.34. The number of aliphatic hydroxyl groups is 1. The molecule has 7 nitrogen and oxygen atoms in total. The highest BCUT2D eigenvalue weighted by atomic mass is 35.5. The number of carbonyl (C=O) groups is 2.